The maximum Gasteiger partial charge on any atom is 0.261 e. The van der Waals surface area contributed by atoms with Gasteiger partial charge in [0.05, 0.1) is 5.52 Å². The van der Waals surface area contributed by atoms with E-state index in [1.54, 1.807) is 19.1 Å². The molecule has 2 aromatic carbocycles. The lowest BCUT2D eigenvalue weighted by Crippen LogP contribution is -2.46. The summed E-state index contributed by atoms with van der Waals surface area (Å²) in [6.07, 6.45) is 4.11. The number of fused-ring (bicyclic) bond motifs is 1. The fourth-order valence-electron chi connectivity index (χ4n) is 5.29. The first-order valence-electron chi connectivity index (χ1n) is 13.1. The highest BCUT2D eigenvalue weighted by Gasteiger charge is 2.24. The molecule has 0 spiro atoms. The van der Waals surface area contributed by atoms with Crippen LogP contribution in [0.5, 0.6) is 0 Å². The van der Waals surface area contributed by atoms with Gasteiger partial charge < -0.3 is 15.6 Å². The maximum atomic E-state index is 15.0. The molecule has 0 unspecified atom stereocenters. The molecule has 2 aliphatic rings. The third kappa shape index (κ3) is 4.86. The van der Waals surface area contributed by atoms with Crippen molar-refractivity contribution < 1.29 is 8.78 Å². The van der Waals surface area contributed by atoms with Crippen LogP contribution in [0.2, 0.25) is 0 Å². The lowest BCUT2D eigenvalue weighted by molar-refractivity contribution is 0.250. The van der Waals surface area contributed by atoms with E-state index in [-0.39, 0.29) is 22.3 Å². The van der Waals surface area contributed by atoms with Gasteiger partial charge in [0.25, 0.3) is 5.56 Å². The van der Waals surface area contributed by atoms with Gasteiger partial charge in [0.2, 0.25) is 5.95 Å². The number of hydrogen-bond donors (Lipinski definition) is 2. The Hall–Kier alpha value is -3.85. The molecule has 196 valence electrons. The Bertz CT molecular complexity index is 1560. The van der Waals surface area contributed by atoms with Crippen LogP contribution in [0.1, 0.15) is 25.1 Å². The largest absolute Gasteiger partial charge is 0.383 e. The predicted octanol–water partition coefficient (Wildman–Crippen LogP) is 4.74. The molecule has 1 aliphatic carbocycles. The molecule has 3 N–H and O–H groups in total. The van der Waals surface area contributed by atoms with Gasteiger partial charge in [-0.05, 0) is 67.3 Å². The van der Waals surface area contributed by atoms with E-state index in [0.29, 0.717) is 22.5 Å². The molecule has 7 nitrogen and oxygen atoms in total. The molecule has 1 saturated carbocycles. The quantitative estimate of drug-likeness (QED) is 0.360. The van der Waals surface area contributed by atoms with Gasteiger partial charge in [-0.1, -0.05) is 25.0 Å². The fourth-order valence-corrected chi connectivity index (χ4v) is 5.29. The smallest absolute Gasteiger partial charge is 0.261 e. The number of nitrogens with zero attached hydrogens (tertiary/aromatic N) is 4. The molecule has 1 saturated heterocycles. The van der Waals surface area contributed by atoms with Crippen LogP contribution in [0.15, 0.2) is 47.3 Å². The van der Waals surface area contributed by atoms with E-state index in [1.165, 1.54) is 31.9 Å². The summed E-state index contributed by atoms with van der Waals surface area (Å²) in [7, 11) is 0. The predicted molar refractivity (Wildman–Crippen MR) is 146 cm³/mol. The highest BCUT2D eigenvalue weighted by molar-refractivity contribution is 5.88. The Morgan fingerprint density at radius 1 is 0.974 bits per heavy atom. The lowest BCUT2D eigenvalue weighted by Gasteiger charge is -2.36. The molecule has 1 aliphatic heterocycles. The van der Waals surface area contributed by atoms with E-state index >= 15 is 0 Å². The molecule has 38 heavy (non-hydrogen) atoms. The van der Waals surface area contributed by atoms with E-state index in [9.17, 15) is 13.6 Å². The first-order chi connectivity index (χ1) is 18.4. The summed E-state index contributed by atoms with van der Waals surface area (Å²) >= 11 is 0. The highest BCUT2D eigenvalue weighted by atomic mass is 19.1. The van der Waals surface area contributed by atoms with Crippen molar-refractivity contribution in [3.8, 4) is 22.3 Å². The summed E-state index contributed by atoms with van der Waals surface area (Å²) in [6.45, 7) is 6.85. The van der Waals surface area contributed by atoms with E-state index in [0.717, 1.165) is 37.8 Å². The first kappa shape index (κ1) is 24.5. The third-order valence-corrected chi connectivity index (χ3v) is 7.66. The number of nitrogens with one attached hydrogen (secondary N) is 1. The average molecular weight is 517 g/mol. The van der Waals surface area contributed by atoms with Gasteiger partial charge in [0.1, 0.15) is 22.8 Å². The van der Waals surface area contributed by atoms with Crippen molar-refractivity contribution in [1.82, 2.24) is 19.9 Å². The second-order valence-corrected chi connectivity index (χ2v) is 10.4. The average Bonchev–Trinajstić information content (AvgIpc) is 3.72. The molecule has 0 amide bonds. The normalized spacial score (nSPS) is 16.3. The third-order valence-electron chi connectivity index (χ3n) is 7.66. The fraction of sp³-hybridized carbons (Fsp3) is 0.345. The Kier molecular flexibility index (Phi) is 6.31. The van der Waals surface area contributed by atoms with Gasteiger partial charge in [-0.25, -0.2) is 14.4 Å². The maximum absolute atomic E-state index is 15.0. The topological polar surface area (TPSA) is 91.1 Å². The van der Waals surface area contributed by atoms with Gasteiger partial charge in [-0.2, -0.15) is 4.39 Å². The van der Waals surface area contributed by atoms with Crippen molar-refractivity contribution >= 4 is 22.4 Å². The Morgan fingerprint density at radius 2 is 1.71 bits per heavy atom. The van der Waals surface area contributed by atoms with Gasteiger partial charge in [-0.15, -0.1) is 0 Å². The minimum atomic E-state index is -0.728. The Labute approximate surface area is 219 Å². The molecule has 0 atom stereocenters. The van der Waals surface area contributed by atoms with Crippen molar-refractivity contribution in [3.05, 3.63) is 70.4 Å². The van der Waals surface area contributed by atoms with Crippen LogP contribution in [0.25, 0.3) is 33.2 Å². The standard InChI is InChI=1S/C29H30F2N6O/c1-17-33-25-15-20(14-24(30)26(25)29(38)34-17)23-16-22(27(31)35-28(23)32)19-4-6-21(7-5-19)37-12-10-36(11-13-37)9-8-18-2-3-18/h4-7,14-16,18H,2-3,8-13H2,1H3,(H2,32,35)(H,33,34,38). The van der Waals surface area contributed by atoms with Crippen molar-refractivity contribution in [2.24, 2.45) is 5.92 Å². The van der Waals surface area contributed by atoms with Crippen LogP contribution in [0.4, 0.5) is 20.3 Å². The molecule has 2 aromatic heterocycles. The number of benzene rings is 2. The molecule has 9 heteroatoms. The monoisotopic (exact) mass is 516 g/mol. The zero-order valence-corrected chi connectivity index (χ0v) is 21.3. The van der Waals surface area contributed by atoms with Crippen LogP contribution in [0, 0.1) is 24.6 Å². The van der Waals surface area contributed by atoms with E-state index in [2.05, 4.69) is 24.8 Å². The second-order valence-electron chi connectivity index (χ2n) is 10.4. The van der Waals surface area contributed by atoms with Crippen LogP contribution in [-0.2, 0) is 0 Å². The van der Waals surface area contributed by atoms with Crippen molar-refractivity contribution in [1.29, 1.82) is 0 Å². The number of halogens is 2. The van der Waals surface area contributed by atoms with Crippen LogP contribution < -0.4 is 16.2 Å². The number of hydrogen-bond acceptors (Lipinski definition) is 6. The van der Waals surface area contributed by atoms with Crippen molar-refractivity contribution in [2.45, 2.75) is 26.2 Å². The second kappa shape index (κ2) is 9.79. The Balaban J connectivity index is 1.25. The van der Waals surface area contributed by atoms with Gasteiger partial charge in [-0.3, -0.25) is 9.69 Å². The number of aryl methyl sites for hydroxylation is 1. The molecular formula is C29H30F2N6O. The summed E-state index contributed by atoms with van der Waals surface area (Å²) in [5.74, 6) is -0.175. The molecular weight excluding hydrogens is 486 g/mol. The number of aromatic nitrogens is 3. The van der Waals surface area contributed by atoms with Crippen LogP contribution >= 0.6 is 0 Å². The molecule has 0 bridgehead atoms. The van der Waals surface area contributed by atoms with Gasteiger partial charge in [0.15, 0.2) is 0 Å². The summed E-state index contributed by atoms with van der Waals surface area (Å²) in [5, 5.41) is -0.132. The Morgan fingerprint density at radius 3 is 2.42 bits per heavy atom. The van der Waals surface area contributed by atoms with Gasteiger partial charge >= 0.3 is 0 Å². The number of nitrogens with two attached hydrogens (primary N) is 1. The first-order valence-corrected chi connectivity index (χ1v) is 13.1. The van der Waals surface area contributed by atoms with Crippen LogP contribution in [-0.4, -0.2) is 52.6 Å². The zero-order valence-electron chi connectivity index (χ0n) is 21.3. The SMILES string of the molecule is Cc1nc2cc(-c3cc(-c4ccc(N5CCN(CCC6CC6)CC5)cc4)c(F)nc3N)cc(F)c2c(=O)[nH]1. The summed E-state index contributed by atoms with van der Waals surface area (Å²) in [4.78, 5) is 27.8. The molecule has 0 radical (unpaired) electrons. The number of nitrogen functional groups attached to an aromatic ring is 1. The zero-order chi connectivity index (χ0) is 26.4. The lowest BCUT2D eigenvalue weighted by atomic mass is 9.99. The van der Waals surface area contributed by atoms with E-state index in [1.807, 2.05) is 24.3 Å². The summed E-state index contributed by atoms with van der Waals surface area (Å²) in [5.41, 5.74) is 8.45. The molecule has 6 rings (SSSR count). The van der Waals surface area contributed by atoms with Crippen molar-refractivity contribution in [2.75, 3.05) is 43.4 Å². The molecule has 3 heterocycles. The van der Waals surface area contributed by atoms with Gasteiger partial charge in [0, 0.05) is 43.0 Å². The summed E-state index contributed by atoms with van der Waals surface area (Å²) < 4.78 is 29.8. The highest BCUT2D eigenvalue weighted by Crippen LogP contribution is 2.35. The molecule has 2 fully saturated rings. The summed E-state index contributed by atoms with van der Waals surface area (Å²) in [6, 6.07) is 12.1. The number of aromatic amines is 1. The number of pyridine rings is 1. The van der Waals surface area contributed by atoms with E-state index < -0.39 is 17.3 Å². The van der Waals surface area contributed by atoms with E-state index in [4.69, 9.17) is 5.73 Å². The number of piperazine rings is 1. The van der Waals surface area contributed by atoms with Crippen molar-refractivity contribution in [3.63, 3.8) is 0 Å². The minimum absolute atomic E-state index is 0.0669. The number of H-pyrrole nitrogens is 1. The number of anilines is 2. The number of rotatable bonds is 6. The molecule has 4 aromatic rings. The van der Waals surface area contributed by atoms with Crippen LogP contribution in [0.3, 0.4) is 0 Å². The minimum Gasteiger partial charge on any atom is -0.383 e.